The van der Waals surface area contributed by atoms with Gasteiger partial charge in [0.2, 0.25) is 5.95 Å². The number of carbonyl (C=O) groups excluding carboxylic acids is 2. The fourth-order valence-corrected chi connectivity index (χ4v) is 2.60. The number of amides is 2. The van der Waals surface area contributed by atoms with E-state index in [9.17, 15) is 9.59 Å². The number of aromatic nitrogens is 2. The van der Waals surface area contributed by atoms with Crippen LogP contribution in [-0.2, 0) is 11.3 Å². The number of carbonyl (C=O) groups is 2. The normalized spacial score (nSPS) is 14.2. The van der Waals surface area contributed by atoms with Crippen molar-refractivity contribution < 1.29 is 18.7 Å². The third-order valence-electron chi connectivity index (χ3n) is 3.99. The molecular weight excluding hydrogens is 338 g/mol. The fraction of sp³-hybridized carbons (Fsp3) is 0.412. The van der Waals surface area contributed by atoms with Crippen molar-refractivity contribution in [1.29, 1.82) is 0 Å². The predicted molar refractivity (Wildman–Crippen MR) is 92.6 cm³/mol. The average Bonchev–Trinajstić information content (AvgIpc) is 3.20. The van der Waals surface area contributed by atoms with Crippen molar-refractivity contribution in [1.82, 2.24) is 19.8 Å². The largest absolute Gasteiger partial charge is 0.467 e. The van der Waals surface area contributed by atoms with E-state index in [0.29, 0.717) is 50.8 Å². The standard InChI is InChI=1S/C17H21N5O4/c1-2-25-17(24)22-7-5-21(6-8-22)15(23)13-10-18-16(19-11-13)20-12-14-4-3-9-26-14/h3-4,9-11H,2,5-8,12H2,1H3,(H,18,19,20). The summed E-state index contributed by atoms with van der Waals surface area (Å²) < 4.78 is 10.2. The molecule has 2 aromatic heterocycles. The van der Waals surface area contributed by atoms with Gasteiger partial charge in [-0.25, -0.2) is 14.8 Å². The minimum Gasteiger partial charge on any atom is -0.467 e. The minimum absolute atomic E-state index is 0.147. The van der Waals surface area contributed by atoms with Gasteiger partial charge < -0.3 is 24.3 Å². The third kappa shape index (κ3) is 4.29. The first kappa shape index (κ1) is 17.7. The Morgan fingerprint density at radius 2 is 1.88 bits per heavy atom. The van der Waals surface area contributed by atoms with Gasteiger partial charge >= 0.3 is 6.09 Å². The average molecular weight is 359 g/mol. The molecule has 138 valence electrons. The van der Waals surface area contributed by atoms with E-state index in [-0.39, 0.29) is 12.0 Å². The van der Waals surface area contributed by atoms with Crippen molar-refractivity contribution in [3.63, 3.8) is 0 Å². The molecule has 0 aromatic carbocycles. The summed E-state index contributed by atoms with van der Waals surface area (Å²) in [5.74, 6) is 1.05. The number of piperazine rings is 1. The third-order valence-corrected chi connectivity index (χ3v) is 3.99. The van der Waals surface area contributed by atoms with E-state index in [1.165, 1.54) is 12.4 Å². The number of anilines is 1. The van der Waals surface area contributed by atoms with Crippen LogP contribution in [0.15, 0.2) is 35.2 Å². The summed E-state index contributed by atoms with van der Waals surface area (Å²) in [6.45, 7) is 4.39. The summed E-state index contributed by atoms with van der Waals surface area (Å²) in [6, 6.07) is 3.65. The molecule has 3 heterocycles. The predicted octanol–water partition coefficient (Wildman–Crippen LogP) is 1.60. The summed E-state index contributed by atoms with van der Waals surface area (Å²) in [5, 5.41) is 3.02. The van der Waals surface area contributed by atoms with Crippen LogP contribution in [0.5, 0.6) is 0 Å². The lowest BCUT2D eigenvalue weighted by molar-refractivity contribution is 0.0570. The van der Waals surface area contributed by atoms with Gasteiger partial charge in [0.25, 0.3) is 5.91 Å². The molecule has 9 heteroatoms. The monoisotopic (exact) mass is 359 g/mol. The lowest BCUT2D eigenvalue weighted by Gasteiger charge is -2.33. The van der Waals surface area contributed by atoms with Crippen LogP contribution in [-0.4, -0.2) is 64.6 Å². The molecule has 0 saturated carbocycles. The van der Waals surface area contributed by atoms with Crippen LogP contribution in [0.2, 0.25) is 0 Å². The van der Waals surface area contributed by atoms with Gasteiger partial charge in [0, 0.05) is 38.6 Å². The van der Waals surface area contributed by atoms with Gasteiger partial charge in [-0.3, -0.25) is 4.79 Å². The minimum atomic E-state index is -0.338. The van der Waals surface area contributed by atoms with Gasteiger partial charge in [0.05, 0.1) is 25.0 Å². The van der Waals surface area contributed by atoms with Crippen LogP contribution >= 0.6 is 0 Å². The molecular formula is C17H21N5O4. The Bertz CT molecular complexity index is 724. The van der Waals surface area contributed by atoms with Crippen LogP contribution in [0.3, 0.4) is 0 Å². The van der Waals surface area contributed by atoms with Crippen LogP contribution < -0.4 is 5.32 Å². The summed E-state index contributed by atoms with van der Waals surface area (Å²) in [5.41, 5.74) is 0.415. The van der Waals surface area contributed by atoms with E-state index in [2.05, 4.69) is 15.3 Å². The summed E-state index contributed by atoms with van der Waals surface area (Å²) in [6.07, 6.45) is 4.26. The topological polar surface area (TPSA) is 101 Å². The smallest absolute Gasteiger partial charge is 0.409 e. The molecule has 1 aliphatic heterocycles. The lowest BCUT2D eigenvalue weighted by Crippen LogP contribution is -2.50. The first-order valence-corrected chi connectivity index (χ1v) is 8.46. The molecule has 3 rings (SSSR count). The second-order valence-electron chi connectivity index (χ2n) is 5.71. The highest BCUT2D eigenvalue weighted by molar-refractivity contribution is 5.93. The second-order valence-corrected chi connectivity index (χ2v) is 5.71. The van der Waals surface area contributed by atoms with Crippen molar-refractivity contribution in [2.24, 2.45) is 0 Å². The summed E-state index contributed by atoms with van der Waals surface area (Å²) in [7, 11) is 0. The van der Waals surface area contributed by atoms with Crippen molar-refractivity contribution in [3.8, 4) is 0 Å². The Morgan fingerprint density at radius 3 is 2.50 bits per heavy atom. The van der Waals surface area contributed by atoms with Crippen LogP contribution in [0, 0.1) is 0 Å². The highest BCUT2D eigenvalue weighted by Crippen LogP contribution is 2.10. The van der Waals surface area contributed by atoms with Gasteiger partial charge in [-0.2, -0.15) is 0 Å². The first-order chi connectivity index (χ1) is 12.7. The number of hydrogen-bond donors (Lipinski definition) is 1. The zero-order valence-electron chi connectivity index (χ0n) is 14.6. The quantitative estimate of drug-likeness (QED) is 0.865. The van der Waals surface area contributed by atoms with Crippen LogP contribution in [0.1, 0.15) is 23.0 Å². The number of ether oxygens (including phenoxy) is 1. The SMILES string of the molecule is CCOC(=O)N1CCN(C(=O)c2cnc(NCc3ccco3)nc2)CC1. The molecule has 1 saturated heterocycles. The fourth-order valence-electron chi connectivity index (χ4n) is 2.60. The van der Waals surface area contributed by atoms with Crippen molar-refractivity contribution in [3.05, 3.63) is 42.1 Å². The Kier molecular flexibility index (Phi) is 5.67. The van der Waals surface area contributed by atoms with Crippen LogP contribution in [0.25, 0.3) is 0 Å². The van der Waals surface area contributed by atoms with Gasteiger partial charge in [0.1, 0.15) is 5.76 Å². The Morgan fingerprint density at radius 1 is 1.19 bits per heavy atom. The zero-order valence-corrected chi connectivity index (χ0v) is 14.6. The maximum Gasteiger partial charge on any atom is 0.409 e. The van der Waals surface area contributed by atoms with E-state index in [1.807, 2.05) is 6.07 Å². The molecule has 1 N–H and O–H groups in total. The van der Waals surface area contributed by atoms with Gasteiger partial charge in [0.15, 0.2) is 0 Å². The van der Waals surface area contributed by atoms with E-state index in [1.54, 1.807) is 29.1 Å². The first-order valence-electron chi connectivity index (χ1n) is 8.46. The highest BCUT2D eigenvalue weighted by atomic mass is 16.6. The Balaban J connectivity index is 1.51. The van der Waals surface area contributed by atoms with Crippen molar-refractivity contribution in [2.75, 3.05) is 38.1 Å². The maximum atomic E-state index is 12.5. The Labute approximate surface area is 151 Å². The molecule has 0 bridgehead atoms. The molecule has 0 aliphatic carbocycles. The lowest BCUT2D eigenvalue weighted by atomic mass is 10.2. The molecule has 2 aromatic rings. The zero-order chi connectivity index (χ0) is 18.4. The summed E-state index contributed by atoms with van der Waals surface area (Å²) in [4.78, 5) is 35.8. The second kappa shape index (κ2) is 8.32. The molecule has 0 atom stereocenters. The summed E-state index contributed by atoms with van der Waals surface area (Å²) >= 11 is 0. The number of nitrogens with one attached hydrogen (secondary N) is 1. The molecule has 9 nitrogen and oxygen atoms in total. The maximum absolute atomic E-state index is 12.5. The van der Waals surface area contributed by atoms with Crippen molar-refractivity contribution >= 4 is 17.9 Å². The van der Waals surface area contributed by atoms with E-state index in [4.69, 9.17) is 9.15 Å². The van der Waals surface area contributed by atoms with Crippen LogP contribution in [0.4, 0.5) is 10.7 Å². The molecule has 2 amide bonds. The Hall–Kier alpha value is -3.10. The van der Waals surface area contributed by atoms with Gasteiger partial charge in [-0.05, 0) is 19.1 Å². The molecule has 1 aliphatic rings. The number of rotatable bonds is 5. The molecule has 0 unspecified atom stereocenters. The van der Waals surface area contributed by atoms with Gasteiger partial charge in [-0.15, -0.1) is 0 Å². The molecule has 1 fully saturated rings. The number of nitrogens with zero attached hydrogens (tertiary/aromatic N) is 4. The number of furan rings is 1. The van der Waals surface area contributed by atoms with E-state index < -0.39 is 0 Å². The molecule has 0 radical (unpaired) electrons. The highest BCUT2D eigenvalue weighted by Gasteiger charge is 2.25. The van der Waals surface area contributed by atoms with Crippen molar-refractivity contribution in [2.45, 2.75) is 13.5 Å². The van der Waals surface area contributed by atoms with Gasteiger partial charge in [-0.1, -0.05) is 0 Å². The molecule has 0 spiro atoms. The number of hydrogen-bond acceptors (Lipinski definition) is 7. The van der Waals surface area contributed by atoms with E-state index in [0.717, 1.165) is 5.76 Å². The molecule has 26 heavy (non-hydrogen) atoms. The van der Waals surface area contributed by atoms with E-state index >= 15 is 0 Å².